The molecule has 0 aromatic heterocycles. The zero-order valence-corrected chi connectivity index (χ0v) is 33.6. The van der Waals surface area contributed by atoms with Crippen LogP contribution >= 0.6 is 0 Å². The fourth-order valence-electron chi connectivity index (χ4n) is 6.10. The Hall–Kier alpha value is -2.90. The van der Waals surface area contributed by atoms with E-state index in [4.69, 9.17) is 20.6 Å². The zero-order valence-electron chi connectivity index (χ0n) is 33.6. The molecule has 0 aliphatic carbocycles. The number of hydrogen-bond donors (Lipinski definition) is 4. The number of hydrogen-bond acceptors (Lipinski definition) is 6. The van der Waals surface area contributed by atoms with Gasteiger partial charge >= 0.3 is 11.9 Å². The van der Waals surface area contributed by atoms with Crippen LogP contribution in [0, 0.1) is 0 Å². The molecular weight excluding hydrogens is 652 g/mol. The van der Waals surface area contributed by atoms with Gasteiger partial charge in [0.25, 0.3) is 0 Å². The smallest absolute Gasteiger partial charge is 0.303 e. The van der Waals surface area contributed by atoms with Crippen LogP contribution in [0.15, 0.2) is 34.6 Å². The Bertz CT molecular complexity index is 860. The second-order valence-corrected chi connectivity index (χ2v) is 14.3. The van der Waals surface area contributed by atoms with Crippen molar-refractivity contribution in [3.8, 4) is 0 Å². The van der Waals surface area contributed by atoms with Crippen LogP contribution in [-0.4, -0.2) is 45.0 Å². The average molecular weight is 733 g/mol. The summed E-state index contributed by atoms with van der Waals surface area (Å²) in [7, 11) is 0. The van der Waals surface area contributed by atoms with Gasteiger partial charge in [0.05, 0.1) is 12.4 Å². The van der Waals surface area contributed by atoms with Gasteiger partial charge in [-0.15, -0.1) is 0 Å². The minimum absolute atomic E-state index is 0.345. The van der Waals surface area contributed by atoms with Gasteiger partial charge in [0.15, 0.2) is 0 Å². The quantitative estimate of drug-likeness (QED) is 0.0241. The van der Waals surface area contributed by atoms with Gasteiger partial charge < -0.3 is 20.6 Å². The molecule has 0 spiro atoms. The maximum atomic E-state index is 10.3. The minimum atomic E-state index is -0.653. The van der Waals surface area contributed by atoms with Crippen molar-refractivity contribution < 1.29 is 30.2 Å². The molecule has 0 amide bonds. The van der Waals surface area contributed by atoms with Gasteiger partial charge in [-0.05, 0) is 24.0 Å². The van der Waals surface area contributed by atoms with Gasteiger partial charge in [-0.3, -0.25) is 9.59 Å². The molecule has 1 aromatic rings. The molecule has 52 heavy (non-hydrogen) atoms. The summed E-state index contributed by atoms with van der Waals surface area (Å²) in [6.07, 6.45) is 43.0. The molecule has 4 N–H and O–H groups in total. The molecule has 0 atom stereocenters. The van der Waals surface area contributed by atoms with E-state index in [9.17, 15) is 9.59 Å². The molecule has 0 saturated carbocycles. The van der Waals surface area contributed by atoms with Crippen LogP contribution in [-0.2, 0) is 9.59 Å². The van der Waals surface area contributed by atoms with E-state index in [-0.39, 0.29) is 0 Å². The maximum Gasteiger partial charge on any atom is 0.303 e. The number of unbranched alkanes of at least 4 members (excludes halogenated alkanes) is 28. The third kappa shape index (κ3) is 45.1. The lowest BCUT2D eigenvalue weighted by molar-refractivity contribution is -0.138. The Morgan fingerprint density at radius 1 is 0.404 bits per heavy atom. The number of carboxylic acid groups (broad SMARTS) is 2. The Morgan fingerprint density at radius 2 is 0.596 bits per heavy atom. The molecule has 8 nitrogen and oxygen atoms in total. The molecule has 0 aliphatic heterocycles. The predicted octanol–water partition coefficient (Wildman–Crippen LogP) is 14.0. The average Bonchev–Trinajstić information content (AvgIpc) is 3.13. The van der Waals surface area contributed by atoms with E-state index in [1.54, 1.807) is 24.3 Å². The van der Waals surface area contributed by atoms with Gasteiger partial charge in [0, 0.05) is 12.8 Å². The van der Waals surface area contributed by atoms with Crippen molar-refractivity contribution in [3.63, 3.8) is 0 Å². The third-order valence-corrected chi connectivity index (χ3v) is 9.34. The van der Waals surface area contributed by atoms with Crippen molar-refractivity contribution in [1.82, 2.24) is 0 Å². The van der Waals surface area contributed by atoms with Gasteiger partial charge in [0.2, 0.25) is 0 Å². The van der Waals surface area contributed by atoms with Crippen LogP contribution in [0.3, 0.4) is 0 Å². The molecule has 1 aromatic carbocycles. The molecule has 0 unspecified atom stereocenters. The summed E-state index contributed by atoms with van der Waals surface area (Å²) < 4.78 is 0. The van der Waals surface area contributed by atoms with E-state index >= 15 is 0 Å². The maximum absolute atomic E-state index is 10.3. The first-order valence-electron chi connectivity index (χ1n) is 21.3. The number of rotatable bonds is 34. The van der Waals surface area contributed by atoms with Crippen LogP contribution in [0.4, 0.5) is 0 Å². The van der Waals surface area contributed by atoms with Crippen molar-refractivity contribution in [1.29, 1.82) is 0 Å². The van der Waals surface area contributed by atoms with Gasteiger partial charge in [-0.1, -0.05) is 228 Å². The summed E-state index contributed by atoms with van der Waals surface area (Å²) in [6.45, 7) is 4.54. The SMILES string of the molecule is CCCCCCCCCCCCCCCCCC(=O)O.CCCCCCCCCCCCCCCCCC(=O)O.ON=Cc1ccc(C=NO)cc1. The first kappa shape index (κ1) is 51.2. The highest BCUT2D eigenvalue weighted by atomic mass is 16.4. The predicted molar refractivity (Wildman–Crippen MR) is 220 cm³/mol. The highest BCUT2D eigenvalue weighted by Crippen LogP contribution is 2.15. The summed E-state index contributed by atoms with van der Waals surface area (Å²) >= 11 is 0. The number of oxime groups is 2. The molecule has 0 heterocycles. The molecule has 8 heteroatoms. The van der Waals surface area contributed by atoms with E-state index in [1.807, 2.05) is 0 Å². The highest BCUT2D eigenvalue weighted by molar-refractivity contribution is 5.83. The molecular formula is C44H80N2O6. The van der Waals surface area contributed by atoms with E-state index in [0.717, 1.165) is 36.8 Å². The van der Waals surface area contributed by atoms with E-state index in [0.29, 0.717) is 12.8 Å². The van der Waals surface area contributed by atoms with Crippen molar-refractivity contribution >= 4 is 24.4 Å². The lowest BCUT2D eigenvalue weighted by Crippen LogP contribution is -1.93. The second-order valence-electron chi connectivity index (χ2n) is 14.3. The van der Waals surface area contributed by atoms with Gasteiger partial charge in [0.1, 0.15) is 0 Å². The standard InChI is InChI=1S/2C18H36O2.C8H8N2O2/c2*1-2-3-4-5-6-7-8-9-10-11-12-13-14-15-16-17-18(19)20;11-9-5-7-1-2-8(4-3-7)6-10-12/h2*2-17H2,1H3,(H,19,20);1-6,11-12H. The summed E-state index contributed by atoms with van der Waals surface area (Å²) in [5, 5.41) is 39.2. The largest absolute Gasteiger partial charge is 0.481 e. The number of nitrogens with zero attached hydrogens (tertiary/aromatic N) is 2. The van der Waals surface area contributed by atoms with Crippen molar-refractivity contribution in [2.24, 2.45) is 10.3 Å². The normalized spacial score (nSPS) is 11.0. The monoisotopic (exact) mass is 733 g/mol. The Kier molecular flexibility index (Phi) is 43.6. The number of aliphatic carboxylic acids is 2. The Balaban J connectivity index is 0. The fraction of sp³-hybridized carbons (Fsp3) is 0.773. The summed E-state index contributed by atoms with van der Waals surface area (Å²) in [5.41, 5.74) is 1.57. The van der Waals surface area contributed by atoms with Crippen LogP contribution in [0.1, 0.15) is 230 Å². The van der Waals surface area contributed by atoms with Crippen LogP contribution in [0.2, 0.25) is 0 Å². The first-order valence-corrected chi connectivity index (χ1v) is 21.3. The van der Waals surface area contributed by atoms with Crippen molar-refractivity contribution in [2.75, 3.05) is 0 Å². The highest BCUT2D eigenvalue weighted by Gasteiger charge is 1.99. The van der Waals surface area contributed by atoms with Crippen LogP contribution in [0.5, 0.6) is 0 Å². The lowest BCUT2D eigenvalue weighted by Gasteiger charge is -2.03. The summed E-state index contributed by atoms with van der Waals surface area (Å²) in [5.74, 6) is -1.31. The van der Waals surface area contributed by atoms with Crippen molar-refractivity contribution in [2.45, 2.75) is 219 Å². The van der Waals surface area contributed by atoms with E-state index < -0.39 is 11.9 Å². The number of carbonyl (C=O) groups is 2. The van der Waals surface area contributed by atoms with Crippen LogP contribution in [0.25, 0.3) is 0 Å². The zero-order chi connectivity index (χ0) is 38.6. The summed E-state index contributed by atoms with van der Waals surface area (Å²) in [4.78, 5) is 20.7. The topological polar surface area (TPSA) is 140 Å². The van der Waals surface area contributed by atoms with E-state index in [2.05, 4.69) is 24.2 Å². The Labute approximate surface area is 319 Å². The fourth-order valence-corrected chi connectivity index (χ4v) is 6.10. The molecule has 0 radical (unpaired) electrons. The summed E-state index contributed by atoms with van der Waals surface area (Å²) in [6, 6.07) is 6.99. The number of benzene rings is 1. The molecule has 0 aliphatic rings. The third-order valence-electron chi connectivity index (χ3n) is 9.34. The molecule has 1 rings (SSSR count). The second kappa shape index (κ2) is 44.3. The minimum Gasteiger partial charge on any atom is -0.481 e. The Morgan fingerprint density at radius 3 is 0.769 bits per heavy atom. The van der Waals surface area contributed by atoms with Gasteiger partial charge in [-0.25, -0.2) is 0 Å². The van der Waals surface area contributed by atoms with E-state index in [1.165, 1.54) is 179 Å². The van der Waals surface area contributed by atoms with Crippen LogP contribution < -0.4 is 0 Å². The lowest BCUT2D eigenvalue weighted by atomic mass is 10.0. The molecule has 302 valence electrons. The number of carboxylic acids is 2. The first-order chi connectivity index (χ1) is 25.4. The van der Waals surface area contributed by atoms with Gasteiger partial charge in [-0.2, -0.15) is 0 Å². The molecule has 0 saturated heterocycles. The van der Waals surface area contributed by atoms with Crippen molar-refractivity contribution in [3.05, 3.63) is 35.4 Å². The molecule has 0 fully saturated rings. The molecule has 0 bridgehead atoms.